The van der Waals surface area contributed by atoms with Crippen molar-refractivity contribution in [3.8, 4) is 5.75 Å². The maximum absolute atomic E-state index is 11.5. The summed E-state index contributed by atoms with van der Waals surface area (Å²) in [5.74, 6) is 5.24. The molecule has 1 heterocycles. The monoisotopic (exact) mass is 426 g/mol. The van der Waals surface area contributed by atoms with Crippen LogP contribution in [0.1, 0.15) is 52.2 Å². The van der Waals surface area contributed by atoms with E-state index in [1.54, 1.807) is 13.1 Å². The Hall–Kier alpha value is -2.20. The second-order valence-corrected chi connectivity index (χ2v) is 6.34. The van der Waals surface area contributed by atoms with Gasteiger partial charge in [0.05, 0.1) is 6.10 Å². The molecule has 0 saturated carbocycles. The number of aryl methyl sites for hydroxylation is 1. The highest BCUT2D eigenvalue weighted by molar-refractivity contribution is 5.99. The Labute approximate surface area is 179 Å². The molecule has 2 rings (SSSR count). The lowest BCUT2D eigenvalue weighted by atomic mass is 9.90. The van der Waals surface area contributed by atoms with E-state index in [0.29, 0.717) is 31.0 Å². The summed E-state index contributed by atoms with van der Waals surface area (Å²) in [5, 5.41) is 22.0. The van der Waals surface area contributed by atoms with E-state index >= 15 is 0 Å². The van der Waals surface area contributed by atoms with Crippen LogP contribution >= 0.6 is 0 Å². The zero-order valence-electron chi connectivity index (χ0n) is 18.9. The molecule has 0 aromatic heterocycles. The molecule has 3 unspecified atom stereocenters. The molecule has 7 N–H and O–H groups in total. The number of hydrogen-bond donors (Lipinski definition) is 5. The van der Waals surface area contributed by atoms with Gasteiger partial charge in [0.2, 0.25) is 5.60 Å². The summed E-state index contributed by atoms with van der Waals surface area (Å²) in [4.78, 5) is 20.4. The van der Waals surface area contributed by atoms with E-state index < -0.39 is 23.8 Å². The average molecular weight is 427 g/mol. The van der Waals surface area contributed by atoms with E-state index in [1.807, 2.05) is 39.8 Å². The zero-order valence-corrected chi connectivity index (χ0v) is 18.9. The third-order valence-electron chi connectivity index (χ3n) is 4.56. The lowest BCUT2D eigenvalue weighted by molar-refractivity contribution is -0.179. The lowest BCUT2D eigenvalue weighted by Crippen LogP contribution is -2.54. The number of carboxylic acids is 1. The number of nitrogens with zero attached hydrogens (tertiary/aromatic N) is 1. The van der Waals surface area contributed by atoms with Crippen LogP contribution in [-0.2, 0) is 16.1 Å². The summed E-state index contributed by atoms with van der Waals surface area (Å²) in [5.41, 5.74) is 5.56. The number of rotatable bonds is 7. The van der Waals surface area contributed by atoms with Crippen molar-refractivity contribution in [1.82, 2.24) is 5.32 Å². The highest BCUT2D eigenvalue weighted by atomic mass is 16.7. The first kappa shape index (κ1) is 27.8. The number of hydrogen-bond acceptors (Lipinski definition) is 7. The number of carbonyl (C=O) groups is 1. The third kappa shape index (κ3) is 6.94. The fraction of sp³-hybridized carbons (Fsp3) is 0.619. The number of amidine groups is 1. The largest absolute Gasteiger partial charge is 0.486 e. The van der Waals surface area contributed by atoms with E-state index in [1.165, 1.54) is 6.92 Å². The van der Waals surface area contributed by atoms with Crippen molar-refractivity contribution in [2.45, 2.75) is 65.3 Å². The van der Waals surface area contributed by atoms with E-state index in [4.69, 9.17) is 21.2 Å². The highest BCUT2D eigenvalue weighted by Crippen LogP contribution is 2.33. The Morgan fingerprint density at radius 1 is 1.40 bits per heavy atom. The molecule has 9 heteroatoms. The first-order valence-corrected chi connectivity index (χ1v) is 10.4. The molecule has 0 saturated heterocycles. The van der Waals surface area contributed by atoms with E-state index in [-0.39, 0.29) is 6.54 Å². The topological polar surface area (TPSA) is 152 Å². The molecule has 1 aromatic rings. The predicted octanol–water partition coefficient (Wildman–Crippen LogP) is 1.45. The minimum absolute atomic E-state index is 0.162. The number of ether oxygens (including phenoxy) is 1. The Balaban J connectivity index is 0.00000198. The normalized spacial score (nSPS) is 18.2. The van der Waals surface area contributed by atoms with Crippen LogP contribution in [0, 0.1) is 0 Å². The zero-order chi connectivity index (χ0) is 23.3. The smallest absolute Gasteiger partial charge is 0.341 e. The highest BCUT2D eigenvalue weighted by Gasteiger charge is 2.46. The van der Waals surface area contributed by atoms with Gasteiger partial charge < -0.3 is 26.0 Å². The van der Waals surface area contributed by atoms with Crippen molar-refractivity contribution in [2.75, 3.05) is 20.1 Å². The van der Waals surface area contributed by atoms with E-state index in [9.17, 15) is 15.0 Å². The summed E-state index contributed by atoms with van der Waals surface area (Å²) in [7, 11) is 1.65. The van der Waals surface area contributed by atoms with Gasteiger partial charge in [0.1, 0.15) is 17.7 Å². The van der Waals surface area contributed by atoms with Gasteiger partial charge in [0.15, 0.2) is 0 Å². The summed E-state index contributed by atoms with van der Waals surface area (Å²) < 4.78 is 5.83. The maximum Gasteiger partial charge on any atom is 0.341 e. The number of fused-ring (bicyclic) bond motifs is 1. The van der Waals surface area contributed by atoms with Gasteiger partial charge in [0, 0.05) is 25.7 Å². The number of nitrogens with one attached hydrogen (secondary N) is 1. The number of benzene rings is 1. The molecule has 3 atom stereocenters. The van der Waals surface area contributed by atoms with Crippen LogP contribution in [0.4, 0.5) is 0 Å². The first-order valence-electron chi connectivity index (χ1n) is 10.4. The van der Waals surface area contributed by atoms with Crippen LogP contribution in [0.2, 0.25) is 0 Å². The van der Waals surface area contributed by atoms with Crippen molar-refractivity contribution in [2.24, 2.45) is 16.6 Å². The second-order valence-electron chi connectivity index (χ2n) is 6.34. The van der Waals surface area contributed by atoms with Gasteiger partial charge in [-0.2, -0.15) is 0 Å². The van der Waals surface area contributed by atoms with E-state index in [2.05, 4.69) is 10.3 Å². The number of carboxylic acid groups (broad SMARTS) is 1. The molecule has 0 radical (unpaired) electrons. The number of aliphatic imine (C=N–C) groups is 1. The van der Waals surface area contributed by atoms with Gasteiger partial charge in [-0.05, 0) is 43.5 Å². The molecule has 1 aromatic carbocycles. The molecular weight excluding hydrogens is 388 g/mol. The van der Waals surface area contributed by atoms with Crippen LogP contribution in [0.5, 0.6) is 5.75 Å². The summed E-state index contributed by atoms with van der Waals surface area (Å²) in [6.07, 6.45) is -0.282. The molecule has 172 valence electrons. The quantitative estimate of drug-likeness (QED) is 0.249. The van der Waals surface area contributed by atoms with Gasteiger partial charge in [0.25, 0.3) is 0 Å². The van der Waals surface area contributed by atoms with Crippen LogP contribution in [0.15, 0.2) is 23.2 Å². The number of nitrogens with two attached hydrogens (primary N) is 2. The van der Waals surface area contributed by atoms with Gasteiger partial charge in [-0.1, -0.05) is 27.7 Å². The van der Waals surface area contributed by atoms with Crippen molar-refractivity contribution < 1.29 is 24.6 Å². The van der Waals surface area contributed by atoms with Crippen LogP contribution in [0.25, 0.3) is 0 Å². The Bertz CT molecular complexity index is 683. The maximum atomic E-state index is 11.5. The van der Waals surface area contributed by atoms with Crippen molar-refractivity contribution in [1.29, 1.82) is 0 Å². The molecular formula is C21H38N4O5. The van der Waals surface area contributed by atoms with Gasteiger partial charge >= 0.3 is 5.97 Å². The minimum atomic E-state index is -1.62. The third-order valence-corrected chi connectivity index (χ3v) is 4.56. The molecule has 0 spiro atoms. The van der Waals surface area contributed by atoms with Gasteiger partial charge in [-0.3, -0.25) is 9.83 Å². The van der Waals surface area contributed by atoms with E-state index in [0.717, 1.165) is 11.1 Å². The summed E-state index contributed by atoms with van der Waals surface area (Å²) in [6, 6.07) is 5.51. The van der Waals surface area contributed by atoms with Crippen LogP contribution in [0.3, 0.4) is 0 Å². The number of aliphatic carboxylic acids is 1. The Morgan fingerprint density at radius 2 is 2.03 bits per heavy atom. The fourth-order valence-electron chi connectivity index (χ4n) is 2.80. The Morgan fingerprint density at radius 3 is 2.53 bits per heavy atom. The predicted molar refractivity (Wildman–Crippen MR) is 119 cm³/mol. The molecule has 1 aliphatic heterocycles. The standard InChI is InChI=1S/C17H26N4O5.2C2H6/c1-17(26-19,16(23)24)14-6-4-10-7-11(3-5-13(10)25-14)15(20-2)21-9-12(22)8-18;2*1-2/h3,5,7,12,14,22H,4,6,8-9,18-19H2,1-2H3,(H,20,21)(H,23,24);2*1-2H3. The molecule has 0 bridgehead atoms. The van der Waals surface area contributed by atoms with Crippen molar-refractivity contribution >= 4 is 11.8 Å². The molecule has 9 nitrogen and oxygen atoms in total. The van der Waals surface area contributed by atoms with Gasteiger partial charge in [-0.15, -0.1) is 0 Å². The summed E-state index contributed by atoms with van der Waals surface area (Å²) in [6.45, 7) is 9.85. The van der Waals surface area contributed by atoms with Crippen LogP contribution < -0.4 is 21.7 Å². The minimum Gasteiger partial charge on any atom is -0.486 e. The molecule has 30 heavy (non-hydrogen) atoms. The fourth-order valence-corrected chi connectivity index (χ4v) is 2.80. The first-order chi connectivity index (χ1) is 14.3. The van der Waals surface area contributed by atoms with Gasteiger partial charge in [-0.25, -0.2) is 10.7 Å². The SMILES string of the molecule is CC.CC.CN=C(NCC(O)CN)c1ccc2c(c1)CCC(C(C)(ON)C(=O)O)O2. The Kier molecular flexibility index (Phi) is 12.9. The molecule has 0 fully saturated rings. The van der Waals surface area contributed by atoms with Crippen molar-refractivity contribution in [3.63, 3.8) is 0 Å². The molecule has 0 aliphatic carbocycles. The molecule has 0 amide bonds. The number of aliphatic hydroxyl groups is 1. The number of aliphatic hydroxyl groups excluding tert-OH is 1. The summed E-state index contributed by atoms with van der Waals surface area (Å²) >= 11 is 0. The lowest BCUT2D eigenvalue weighted by Gasteiger charge is -2.35. The van der Waals surface area contributed by atoms with Crippen LogP contribution in [-0.4, -0.2) is 60.0 Å². The van der Waals surface area contributed by atoms with Crippen molar-refractivity contribution in [3.05, 3.63) is 29.3 Å². The molecule has 1 aliphatic rings. The average Bonchev–Trinajstić information content (AvgIpc) is 2.80. The second kappa shape index (κ2) is 13.9.